The highest BCUT2D eigenvalue weighted by molar-refractivity contribution is 6.09. The summed E-state index contributed by atoms with van der Waals surface area (Å²) >= 11 is 0. The number of aryl methyl sites for hydroxylation is 1. The van der Waals surface area contributed by atoms with Gasteiger partial charge in [-0.05, 0) is 29.9 Å². The van der Waals surface area contributed by atoms with Gasteiger partial charge in [0.1, 0.15) is 0 Å². The van der Waals surface area contributed by atoms with E-state index in [0.717, 1.165) is 23.1 Å². The Morgan fingerprint density at radius 3 is 2.10 bits per heavy atom. The maximum Gasteiger partial charge on any atom is 0.193 e. The van der Waals surface area contributed by atoms with Crippen molar-refractivity contribution in [2.45, 2.75) is 34.1 Å². The van der Waals surface area contributed by atoms with E-state index in [1.807, 2.05) is 43.3 Å². The first-order chi connectivity index (χ1) is 9.37. The summed E-state index contributed by atoms with van der Waals surface area (Å²) in [5.74, 6) is 0.102. The second-order valence-corrected chi connectivity index (χ2v) is 6.58. The predicted octanol–water partition coefficient (Wildman–Crippen LogP) is 4.81. The van der Waals surface area contributed by atoms with Crippen molar-refractivity contribution in [3.63, 3.8) is 0 Å². The minimum Gasteiger partial charge on any atom is -0.289 e. The third-order valence-corrected chi connectivity index (χ3v) is 3.34. The van der Waals surface area contributed by atoms with E-state index in [0.29, 0.717) is 0 Å². The molecule has 0 bridgehead atoms. The monoisotopic (exact) mass is 266 g/mol. The summed E-state index contributed by atoms with van der Waals surface area (Å²) in [4.78, 5) is 12.5. The molecule has 20 heavy (non-hydrogen) atoms. The summed E-state index contributed by atoms with van der Waals surface area (Å²) in [5, 5.41) is 0. The molecule has 0 saturated heterocycles. The zero-order valence-electron chi connectivity index (χ0n) is 12.7. The summed E-state index contributed by atoms with van der Waals surface area (Å²) in [6.07, 6.45) is 1.02. The van der Waals surface area contributed by atoms with Crippen LogP contribution < -0.4 is 0 Å². The summed E-state index contributed by atoms with van der Waals surface area (Å²) < 4.78 is 0. The Labute approximate surface area is 121 Å². The lowest BCUT2D eigenvalue weighted by molar-refractivity contribution is 0.103. The molecular weight excluding hydrogens is 244 g/mol. The number of hydrogen-bond donors (Lipinski definition) is 0. The van der Waals surface area contributed by atoms with Crippen LogP contribution in [0.15, 0.2) is 48.5 Å². The highest BCUT2D eigenvalue weighted by atomic mass is 16.1. The van der Waals surface area contributed by atoms with E-state index in [1.165, 1.54) is 5.56 Å². The minimum absolute atomic E-state index is 0.102. The zero-order chi connectivity index (χ0) is 14.8. The SMILES string of the molecule is Cc1ccccc1C(=O)c1ccc(CC(C)(C)C)cc1. The molecule has 2 aromatic carbocycles. The Morgan fingerprint density at radius 2 is 1.55 bits per heavy atom. The van der Waals surface area contributed by atoms with Gasteiger partial charge in [-0.15, -0.1) is 0 Å². The van der Waals surface area contributed by atoms with Crippen LogP contribution in [0.25, 0.3) is 0 Å². The number of rotatable bonds is 3. The normalized spacial score (nSPS) is 11.4. The third kappa shape index (κ3) is 3.57. The number of hydrogen-bond acceptors (Lipinski definition) is 1. The first-order valence-electron chi connectivity index (χ1n) is 7.06. The van der Waals surface area contributed by atoms with E-state index in [9.17, 15) is 4.79 Å². The van der Waals surface area contributed by atoms with Crippen LogP contribution in [0, 0.1) is 12.3 Å². The number of ketones is 1. The maximum atomic E-state index is 12.5. The molecule has 0 fully saturated rings. The fraction of sp³-hybridized carbons (Fsp3) is 0.316. The molecule has 0 amide bonds. The van der Waals surface area contributed by atoms with Gasteiger partial charge in [0.15, 0.2) is 5.78 Å². The Kier molecular flexibility index (Phi) is 4.08. The number of carbonyl (C=O) groups is 1. The average molecular weight is 266 g/mol. The van der Waals surface area contributed by atoms with E-state index in [2.05, 4.69) is 32.9 Å². The molecule has 0 atom stereocenters. The van der Waals surface area contributed by atoms with Crippen molar-refractivity contribution in [2.75, 3.05) is 0 Å². The van der Waals surface area contributed by atoms with Crippen molar-refractivity contribution in [1.29, 1.82) is 0 Å². The fourth-order valence-corrected chi connectivity index (χ4v) is 2.37. The van der Waals surface area contributed by atoms with Crippen LogP contribution >= 0.6 is 0 Å². The maximum absolute atomic E-state index is 12.5. The molecule has 0 N–H and O–H groups in total. The molecule has 2 rings (SSSR count). The third-order valence-electron chi connectivity index (χ3n) is 3.34. The quantitative estimate of drug-likeness (QED) is 0.728. The summed E-state index contributed by atoms with van der Waals surface area (Å²) in [6, 6.07) is 15.7. The topological polar surface area (TPSA) is 17.1 Å². The number of benzene rings is 2. The highest BCUT2D eigenvalue weighted by Crippen LogP contribution is 2.21. The molecule has 2 aromatic rings. The van der Waals surface area contributed by atoms with Gasteiger partial charge in [-0.25, -0.2) is 0 Å². The Bertz CT molecular complexity index is 600. The summed E-state index contributed by atoms with van der Waals surface area (Å²) in [7, 11) is 0. The lowest BCUT2D eigenvalue weighted by atomic mass is 9.87. The van der Waals surface area contributed by atoms with Crippen LogP contribution in [0.5, 0.6) is 0 Å². The van der Waals surface area contributed by atoms with Crippen molar-refractivity contribution >= 4 is 5.78 Å². The average Bonchev–Trinajstić information content (AvgIpc) is 2.37. The van der Waals surface area contributed by atoms with Gasteiger partial charge in [0.2, 0.25) is 0 Å². The molecule has 0 unspecified atom stereocenters. The van der Waals surface area contributed by atoms with Crippen molar-refractivity contribution in [1.82, 2.24) is 0 Å². The van der Waals surface area contributed by atoms with Gasteiger partial charge in [-0.1, -0.05) is 69.3 Å². The zero-order valence-corrected chi connectivity index (χ0v) is 12.7. The first kappa shape index (κ1) is 14.5. The molecule has 0 spiro atoms. The molecule has 0 saturated carbocycles. The van der Waals surface area contributed by atoms with Gasteiger partial charge in [0.25, 0.3) is 0 Å². The van der Waals surface area contributed by atoms with E-state index in [-0.39, 0.29) is 11.2 Å². The molecule has 0 heterocycles. The molecule has 1 heteroatoms. The highest BCUT2D eigenvalue weighted by Gasteiger charge is 2.13. The van der Waals surface area contributed by atoms with E-state index in [1.54, 1.807) is 0 Å². The summed E-state index contributed by atoms with van der Waals surface area (Å²) in [6.45, 7) is 8.64. The van der Waals surface area contributed by atoms with E-state index in [4.69, 9.17) is 0 Å². The second-order valence-electron chi connectivity index (χ2n) is 6.58. The van der Waals surface area contributed by atoms with E-state index >= 15 is 0 Å². The Hall–Kier alpha value is -1.89. The molecule has 0 aliphatic heterocycles. The van der Waals surface area contributed by atoms with Crippen molar-refractivity contribution in [2.24, 2.45) is 5.41 Å². The molecule has 0 aliphatic carbocycles. The first-order valence-corrected chi connectivity index (χ1v) is 7.06. The molecule has 104 valence electrons. The fourth-order valence-electron chi connectivity index (χ4n) is 2.37. The lowest BCUT2D eigenvalue weighted by Crippen LogP contribution is -2.09. The van der Waals surface area contributed by atoms with Crippen molar-refractivity contribution in [3.05, 3.63) is 70.8 Å². The van der Waals surface area contributed by atoms with Gasteiger partial charge < -0.3 is 0 Å². The van der Waals surface area contributed by atoms with Gasteiger partial charge in [-0.2, -0.15) is 0 Å². The standard InChI is InChI=1S/C19H22O/c1-14-7-5-6-8-17(14)18(20)16-11-9-15(10-12-16)13-19(2,3)4/h5-12H,13H2,1-4H3. The van der Waals surface area contributed by atoms with Crippen LogP contribution in [0.1, 0.15) is 47.8 Å². The van der Waals surface area contributed by atoms with Crippen LogP contribution in [0.3, 0.4) is 0 Å². The molecule has 0 aromatic heterocycles. The minimum atomic E-state index is 0.102. The predicted molar refractivity (Wildman–Crippen MR) is 84.2 cm³/mol. The summed E-state index contributed by atoms with van der Waals surface area (Å²) in [5.41, 5.74) is 4.12. The Balaban J connectivity index is 2.22. The van der Waals surface area contributed by atoms with E-state index < -0.39 is 0 Å². The molecule has 1 nitrogen and oxygen atoms in total. The van der Waals surface area contributed by atoms with Gasteiger partial charge >= 0.3 is 0 Å². The Morgan fingerprint density at radius 1 is 0.950 bits per heavy atom. The lowest BCUT2D eigenvalue weighted by Gasteiger charge is -2.18. The van der Waals surface area contributed by atoms with Crippen LogP contribution in [0.4, 0.5) is 0 Å². The van der Waals surface area contributed by atoms with Gasteiger partial charge in [0.05, 0.1) is 0 Å². The van der Waals surface area contributed by atoms with Gasteiger partial charge in [0, 0.05) is 11.1 Å². The van der Waals surface area contributed by atoms with Crippen molar-refractivity contribution in [3.8, 4) is 0 Å². The van der Waals surface area contributed by atoms with Crippen molar-refractivity contribution < 1.29 is 4.79 Å². The van der Waals surface area contributed by atoms with Crippen LogP contribution in [-0.4, -0.2) is 5.78 Å². The molecular formula is C19H22O. The smallest absolute Gasteiger partial charge is 0.193 e. The number of carbonyl (C=O) groups excluding carboxylic acids is 1. The largest absolute Gasteiger partial charge is 0.289 e. The van der Waals surface area contributed by atoms with Gasteiger partial charge in [-0.3, -0.25) is 4.79 Å². The van der Waals surface area contributed by atoms with Crippen LogP contribution in [-0.2, 0) is 6.42 Å². The molecule has 0 radical (unpaired) electrons. The molecule has 0 aliphatic rings. The van der Waals surface area contributed by atoms with Crippen LogP contribution in [0.2, 0.25) is 0 Å². The second kappa shape index (κ2) is 5.62.